The van der Waals surface area contributed by atoms with Gasteiger partial charge in [-0.25, -0.2) is 14.3 Å². The zero-order valence-corrected chi connectivity index (χ0v) is 9.98. The first kappa shape index (κ1) is 10.9. The topological polar surface area (TPSA) is 76.7 Å². The molecule has 0 unspecified atom stereocenters. The Morgan fingerprint density at radius 3 is 2.94 bits per heavy atom. The molecule has 0 aliphatic heterocycles. The SMILES string of the molecule is Nc1cc(-n2c(=O)[nH]c3cccnc32)ccc1Cl. The fourth-order valence-corrected chi connectivity index (χ4v) is 1.97. The Morgan fingerprint density at radius 1 is 1.33 bits per heavy atom. The third kappa shape index (κ3) is 1.56. The largest absolute Gasteiger partial charge is 0.397 e. The molecule has 0 atom stereocenters. The summed E-state index contributed by atoms with van der Waals surface area (Å²) in [6.45, 7) is 0. The molecule has 2 heterocycles. The minimum Gasteiger partial charge on any atom is -0.397 e. The van der Waals surface area contributed by atoms with Gasteiger partial charge in [-0.05, 0) is 30.3 Å². The van der Waals surface area contributed by atoms with E-state index >= 15 is 0 Å². The Bertz CT molecular complexity index is 790. The van der Waals surface area contributed by atoms with Crippen molar-refractivity contribution < 1.29 is 0 Å². The van der Waals surface area contributed by atoms with Gasteiger partial charge in [0, 0.05) is 6.20 Å². The van der Waals surface area contributed by atoms with E-state index in [1.807, 2.05) is 0 Å². The zero-order chi connectivity index (χ0) is 12.7. The normalized spacial score (nSPS) is 10.9. The first-order chi connectivity index (χ1) is 8.66. The zero-order valence-electron chi connectivity index (χ0n) is 9.22. The molecule has 0 bridgehead atoms. The summed E-state index contributed by atoms with van der Waals surface area (Å²) in [7, 11) is 0. The fraction of sp³-hybridized carbons (Fsp3) is 0. The van der Waals surface area contributed by atoms with E-state index in [4.69, 9.17) is 17.3 Å². The molecule has 3 N–H and O–H groups in total. The summed E-state index contributed by atoms with van der Waals surface area (Å²) in [5.74, 6) is 0. The number of fused-ring (bicyclic) bond motifs is 1. The minimum atomic E-state index is -0.259. The van der Waals surface area contributed by atoms with Gasteiger partial charge in [-0.3, -0.25) is 0 Å². The van der Waals surface area contributed by atoms with Crippen LogP contribution < -0.4 is 11.4 Å². The van der Waals surface area contributed by atoms with E-state index in [1.54, 1.807) is 36.5 Å². The quantitative estimate of drug-likeness (QED) is 0.657. The number of nitrogen functional groups attached to an aromatic ring is 1. The van der Waals surface area contributed by atoms with Crippen molar-refractivity contribution in [1.29, 1.82) is 0 Å². The molecule has 0 saturated heterocycles. The van der Waals surface area contributed by atoms with Crippen LogP contribution in [0.5, 0.6) is 0 Å². The van der Waals surface area contributed by atoms with Crippen LogP contribution in [-0.2, 0) is 0 Å². The first-order valence-electron chi connectivity index (χ1n) is 5.28. The molecule has 0 fully saturated rings. The van der Waals surface area contributed by atoms with Gasteiger partial charge in [0.25, 0.3) is 0 Å². The van der Waals surface area contributed by atoms with Crippen LogP contribution in [0.3, 0.4) is 0 Å². The van der Waals surface area contributed by atoms with Gasteiger partial charge in [-0.1, -0.05) is 11.6 Å². The molecule has 18 heavy (non-hydrogen) atoms. The van der Waals surface area contributed by atoms with Gasteiger partial charge >= 0.3 is 5.69 Å². The predicted molar refractivity (Wildman–Crippen MR) is 71.1 cm³/mol. The summed E-state index contributed by atoms with van der Waals surface area (Å²) >= 11 is 5.86. The third-order valence-corrected chi connectivity index (χ3v) is 3.03. The molecule has 1 aromatic carbocycles. The van der Waals surface area contributed by atoms with Gasteiger partial charge in [0.15, 0.2) is 5.65 Å². The number of hydrogen-bond acceptors (Lipinski definition) is 3. The van der Waals surface area contributed by atoms with Crippen LogP contribution in [0.4, 0.5) is 5.69 Å². The smallest absolute Gasteiger partial charge is 0.332 e. The monoisotopic (exact) mass is 260 g/mol. The number of aromatic nitrogens is 3. The molecule has 0 aliphatic carbocycles. The molecule has 3 aromatic rings. The van der Waals surface area contributed by atoms with Crippen LogP contribution in [0.25, 0.3) is 16.9 Å². The molecule has 0 saturated carbocycles. The molecule has 0 spiro atoms. The van der Waals surface area contributed by atoms with Crippen molar-refractivity contribution in [3.8, 4) is 5.69 Å². The molecular weight excluding hydrogens is 252 g/mol. The maximum absolute atomic E-state index is 11.9. The van der Waals surface area contributed by atoms with Crippen LogP contribution in [-0.4, -0.2) is 14.5 Å². The molecule has 2 aromatic heterocycles. The Labute approximate surface area is 107 Å². The first-order valence-corrected chi connectivity index (χ1v) is 5.66. The molecule has 90 valence electrons. The molecular formula is C12H9ClN4O. The number of imidazole rings is 1. The molecule has 6 heteroatoms. The lowest BCUT2D eigenvalue weighted by Gasteiger charge is -2.04. The number of nitrogens with zero attached hydrogens (tertiary/aromatic N) is 2. The van der Waals surface area contributed by atoms with Gasteiger partial charge in [-0.2, -0.15) is 0 Å². The summed E-state index contributed by atoms with van der Waals surface area (Å²) in [5.41, 5.74) is 7.77. The second-order valence-corrected chi connectivity index (χ2v) is 4.25. The number of rotatable bonds is 1. The summed E-state index contributed by atoms with van der Waals surface area (Å²) in [6, 6.07) is 8.58. The highest BCUT2D eigenvalue weighted by Crippen LogP contribution is 2.22. The third-order valence-electron chi connectivity index (χ3n) is 2.68. The maximum atomic E-state index is 11.9. The summed E-state index contributed by atoms with van der Waals surface area (Å²) in [5, 5.41) is 0.458. The number of hydrogen-bond donors (Lipinski definition) is 2. The van der Waals surface area contributed by atoms with Crippen LogP contribution in [0.2, 0.25) is 5.02 Å². The van der Waals surface area contributed by atoms with Crippen LogP contribution in [0.1, 0.15) is 0 Å². The molecule has 3 rings (SSSR count). The Morgan fingerprint density at radius 2 is 2.17 bits per heavy atom. The average Bonchev–Trinajstić information content (AvgIpc) is 2.69. The number of anilines is 1. The van der Waals surface area contributed by atoms with E-state index in [9.17, 15) is 4.79 Å². The van der Waals surface area contributed by atoms with Crippen LogP contribution in [0, 0.1) is 0 Å². The number of benzene rings is 1. The number of halogens is 1. The number of nitrogens with one attached hydrogen (secondary N) is 1. The molecule has 5 nitrogen and oxygen atoms in total. The van der Waals surface area contributed by atoms with E-state index in [2.05, 4.69) is 9.97 Å². The second-order valence-electron chi connectivity index (χ2n) is 3.85. The fourth-order valence-electron chi connectivity index (χ4n) is 1.85. The number of H-pyrrole nitrogens is 1. The molecule has 0 amide bonds. The standard InChI is InChI=1S/C12H9ClN4O/c13-8-4-3-7(6-9(8)14)17-11-10(16-12(17)18)2-1-5-15-11/h1-6H,14H2,(H,16,18). The Balaban J connectivity index is 2.34. The highest BCUT2D eigenvalue weighted by atomic mass is 35.5. The Kier molecular flexibility index (Phi) is 2.34. The van der Waals surface area contributed by atoms with Crippen molar-refractivity contribution in [3.63, 3.8) is 0 Å². The van der Waals surface area contributed by atoms with Gasteiger partial charge in [0.2, 0.25) is 0 Å². The van der Waals surface area contributed by atoms with Crippen LogP contribution in [0.15, 0.2) is 41.3 Å². The van der Waals surface area contributed by atoms with E-state index in [1.165, 1.54) is 4.57 Å². The second kappa shape index (κ2) is 3.89. The van der Waals surface area contributed by atoms with Gasteiger partial charge in [0.1, 0.15) is 0 Å². The van der Waals surface area contributed by atoms with Crippen molar-refractivity contribution >= 4 is 28.5 Å². The van der Waals surface area contributed by atoms with Gasteiger partial charge in [-0.15, -0.1) is 0 Å². The van der Waals surface area contributed by atoms with E-state index in [0.29, 0.717) is 27.6 Å². The lowest BCUT2D eigenvalue weighted by molar-refractivity contribution is 1.00. The highest BCUT2D eigenvalue weighted by molar-refractivity contribution is 6.33. The van der Waals surface area contributed by atoms with E-state index in [0.717, 1.165) is 0 Å². The van der Waals surface area contributed by atoms with Crippen molar-refractivity contribution in [2.75, 3.05) is 5.73 Å². The van der Waals surface area contributed by atoms with Crippen LogP contribution >= 0.6 is 11.6 Å². The average molecular weight is 261 g/mol. The highest BCUT2D eigenvalue weighted by Gasteiger charge is 2.10. The van der Waals surface area contributed by atoms with Crippen molar-refractivity contribution in [2.45, 2.75) is 0 Å². The number of nitrogens with two attached hydrogens (primary N) is 1. The lowest BCUT2D eigenvalue weighted by atomic mass is 10.3. The predicted octanol–water partition coefficient (Wildman–Crippen LogP) is 1.95. The van der Waals surface area contributed by atoms with E-state index in [-0.39, 0.29) is 5.69 Å². The maximum Gasteiger partial charge on any atom is 0.332 e. The molecule has 0 aliphatic rings. The summed E-state index contributed by atoms with van der Waals surface area (Å²) in [6.07, 6.45) is 1.63. The summed E-state index contributed by atoms with van der Waals surface area (Å²) < 4.78 is 1.46. The van der Waals surface area contributed by atoms with E-state index < -0.39 is 0 Å². The lowest BCUT2D eigenvalue weighted by Crippen LogP contribution is -2.15. The summed E-state index contributed by atoms with van der Waals surface area (Å²) in [4.78, 5) is 18.8. The van der Waals surface area contributed by atoms with Crippen molar-refractivity contribution in [3.05, 3.63) is 52.0 Å². The van der Waals surface area contributed by atoms with Gasteiger partial charge < -0.3 is 10.7 Å². The van der Waals surface area contributed by atoms with Gasteiger partial charge in [0.05, 0.1) is 21.9 Å². The number of aromatic amines is 1. The van der Waals surface area contributed by atoms with Crippen molar-refractivity contribution in [1.82, 2.24) is 14.5 Å². The molecule has 0 radical (unpaired) electrons. The Hall–Kier alpha value is -2.27. The minimum absolute atomic E-state index is 0.259. The van der Waals surface area contributed by atoms with Crippen molar-refractivity contribution in [2.24, 2.45) is 0 Å². The number of pyridine rings is 1.